The zero-order valence-electron chi connectivity index (χ0n) is 49.8. The summed E-state index contributed by atoms with van der Waals surface area (Å²) in [5.41, 5.74) is 0. The third kappa shape index (κ3) is 59.3. The minimum atomic E-state index is -0.843. The summed E-state index contributed by atoms with van der Waals surface area (Å²) >= 11 is 0. The molecule has 74 heavy (non-hydrogen) atoms. The van der Waals surface area contributed by atoms with Crippen LogP contribution in [0, 0.1) is 0 Å². The first-order valence-electron chi connectivity index (χ1n) is 33.3. The topological polar surface area (TPSA) is 95.9 Å². The lowest BCUT2D eigenvalue weighted by atomic mass is 10.0. The van der Waals surface area contributed by atoms with Crippen molar-refractivity contribution >= 4 is 11.9 Å². The Morgan fingerprint density at radius 3 is 1.08 bits per heavy atom. The molecule has 0 aliphatic rings. The van der Waals surface area contributed by atoms with Gasteiger partial charge in [0, 0.05) is 12.8 Å². The van der Waals surface area contributed by atoms with Crippen molar-refractivity contribution in [2.45, 2.75) is 373 Å². The Morgan fingerprint density at radius 2 is 0.703 bits per heavy atom. The molecule has 1 amide bonds. The number of rotatable bonds is 62. The van der Waals surface area contributed by atoms with E-state index in [1.165, 1.54) is 283 Å². The Bertz CT molecular complexity index is 1200. The van der Waals surface area contributed by atoms with E-state index in [0.29, 0.717) is 19.4 Å². The second-order valence-electron chi connectivity index (χ2n) is 22.8. The number of carbonyl (C=O) groups is 2. The predicted molar refractivity (Wildman–Crippen MR) is 324 cm³/mol. The summed E-state index contributed by atoms with van der Waals surface area (Å²) in [4.78, 5) is 24.5. The summed E-state index contributed by atoms with van der Waals surface area (Å²) in [6, 6.07) is -0.627. The van der Waals surface area contributed by atoms with Crippen LogP contribution in [0.15, 0.2) is 36.5 Å². The summed E-state index contributed by atoms with van der Waals surface area (Å²) in [6.07, 6.45) is 80.6. The highest BCUT2D eigenvalue weighted by Gasteiger charge is 2.18. The number of ether oxygens (including phenoxy) is 1. The van der Waals surface area contributed by atoms with Gasteiger partial charge in [0.05, 0.1) is 25.4 Å². The van der Waals surface area contributed by atoms with Gasteiger partial charge >= 0.3 is 5.97 Å². The zero-order chi connectivity index (χ0) is 53.6. The maximum atomic E-state index is 12.5. The smallest absolute Gasteiger partial charge is 0.305 e. The lowest BCUT2D eigenvalue weighted by Gasteiger charge is -2.20. The largest absolute Gasteiger partial charge is 0.466 e. The van der Waals surface area contributed by atoms with Gasteiger partial charge in [-0.25, -0.2) is 0 Å². The maximum absolute atomic E-state index is 12.5. The number of allylic oxidation sites excluding steroid dienone is 5. The van der Waals surface area contributed by atoms with Crippen molar-refractivity contribution in [1.82, 2.24) is 5.32 Å². The lowest BCUT2D eigenvalue weighted by Crippen LogP contribution is -2.45. The van der Waals surface area contributed by atoms with E-state index < -0.39 is 12.1 Å². The first kappa shape index (κ1) is 72.1. The summed E-state index contributed by atoms with van der Waals surface area (Å²) in [7, 11) is 0. The Balaban J connectivity index is 3.39. The number of amides is 1. The molecule has 0 aliphatic carbocycles. The Labute approximate surface area is 462 Å². The fourth-order valence-corrected chi connectivity index (χ4v) is 10.3. The molecule has 0 radical (unpaired) electrons. The van der Waals surface area contributed by atoms with Crippen LogP contribution < -0.4 is 5.32 Å². The molecule has 0 aromatic carbocycles. The second-order valence-corrected chi connectivity index (χ2v) is 22.8. The average molecular weight is 1040 g/mol. The normalized spacial score (nSPS) is 12.8. The average Bonchev–Trinajstić information content (AvgIpc) is 3.40. The molecule has 0 spiro atoms. The number of aliphatic hydroxyl groups excluding tert-OH is 2. The Kier molecular flexibility index (Phi) is 62.0. The second kappa shape index (κ2) is 63.6. The maximum Gasteiger partial charge on any atom is 0.305 e. The van der Waals surface area contributed by atoms with Gasteiger partial charge in [-0.2, -0.15) is 0 Å². The van der Waals surface area contributed by atoms with Gasteiger partial charge in [0.1, 0.15) is 0 Å². The van der Waals surface area contributed by atoms with E-state index in [4.69, 9.17) is 4.74 Å². The van der Waals surface area contributed by atoms with E-state index in [-0.39, 0.29) is 18.5 Å². The van der Waals surface area contributed by atoms with Crippen LogP contribution in [0.4, 0.5) is 0 Å². The molecule has 0 saturated carbocycles. The molecule has 6 heteroatoms. The highest BCUT2D eigenvalue weighted by atomic mass is 16.5. The first-order chi connectivity index (χ1) is 36.5. The molecule has 0 fully saturated rings. The summed E-state index contributed by atoms with van der Waals surface area (Å²) < 4.78 is 5.47. The minimum Gasteiger partial charge on any atom is -0.466 e. The number of hydrogen-bond acceptors (Lipinski definition) is 5. The molecule has 0 aromatic heterocycles. The third-order valence-corrected chi connectivity index (χ3v) is 15.4. The number of nitrogens with one attached hydrogen (secondary N) is 1. The van der Waals surface area contributed by atoms with Gasteiger partial charge in [0.15, 0.2) is 0 Å². The summed E-state index contributed by atoms with van der Waals surface area (Å²) in [5, 5.41) is 23.2. The molecule has 0 aromatic rings. The zero-order valence-corrected chi connectivity index (χ0v) is 49.8. The molecule has 3 N–H and O–H groups in total. The quantitative estimate of drug-likeness (QED) is 0.0320. The highest BCUT2D eigenvalue weighted by Crippen LogP contribution is 2.18. The SMILES string of the molecule is CCC/C=C\C/C=C\CCCCCCCC(=O)OCCCCCCCCCCCCCCCCCCCCCCCCCCCCC(=O)NC(CO)C(O)/C=C/CCCCCCCCCCCCCCCCCC. The van der Waals surface area contributed by atoms with Gasteiger partial charge in [-0.05, 0) is 57.8 Å². The van der Waals surface area contributed by atoms with Gasteiger partial charge < -0.3 is 20.3 Å². The van der Waals surface area contributed by atoms with Gasteiger partial charge in [0.2, 0.25) is 5.91 Å². The molecule has 0 saturated heterocycles. The van der Waals surface area contributed by atoms with E-state index in [1.807, 2.05) is 6.08 Å². The lowest BCUT2D eigenvalue weighted by molar-refractivity contribution is -0.143. The van der Waals surface area contributed by atoms with Gasteiger partial charge in [-0.1, -0.05) is 326 Å². The number of esters is 1. The van der Waals surface area contributed by atoms with E-state index in [0.717, 1.165) is 51.4 Å². The molecule has 0 rings (SSSR count). The van der Waals surface area contributed by atoms with E-state index >= 15 is 0 Å². The molecule has 2 atom stereocenters. The van der Waals surface area contributed by atoms with E-state index in [2.05, 4.69) is 43.5 Å². The summed E-state index contributed by atoms with van der Waals surface area (Å²) in [6.45, 7) is 4.86. The Hall–Kier alpha value is -1.92. The number of carbonyl (C=O) groups excluding carboxylic acids is 2. The standard InChI is InChI=1S/C68H129NO5/c1-3-5-7-9-11-13-15-17-18-19-30-33-37-40-44-48-52-56-60-66(71)65(64-70)69-67(72)61-57-53-49-45-41-38-34-31-28-26-24-22-20-21-23-25-27-29-32-35-39-43-47-51-55-59-63-74-68(73)62-58-54-50-46-42-36-16-14-12-10-8-6-4-2/h8,10,14,16,56,60,65-66,70-71H,3-7,9,11-13,15,17-55,57-59,61-64H2,1-2H3,(H,69,72)/b10-8-,16-14-,60-56+. The molecule has 0 aliphatic heterocycles. The van der Waals surface area contributed by atoms with Crippen molar-refractivity contribution in [3.8, 4) is 0 Å². The van der Waals surface area contributed by atoms with Crippen LogP contribution in [-0.4, -0.2) is 47.4 Å². The van der Waals surface area contributed by atoms with Gasteiger partial charge in [0.25, 0.3) is 0 Å². The van der Waals surface area contributed by atoms with Crippen LogP contribution in [0.2, 0.25) is 0 Å². The monoisotopic (exact) mass is 1040 g/mol. The molecule has 436 valence electrons. The van der Waals surface area contributed by atoms with Crippen LogP contribution in [0.3, 0.4) is 0 Å². The highest BCUT2D eigenvalue weighted by molar-refractivity contribution is 5.76. The molecule has 0 heterocycles. The molecule has 2 unspecified atom stereocenters. The fraction of sp³-hybridized carbons (Fsp3) is 0.882. The molecule has 0 bridgehead atoms. The van der Waals surface area contributed by atoms with Crippen LogP contribution >= 0.6 is 0 Å². The Morgan fingerprint density at radius 1 is 0.378 bits per heavy atom. The van der Waals surface area contributed by atoms with Crippen LogP contribution in [0.1, 0.15) is 361 Å². The number of hydrogen-bond donors (Lipinski definition) is 3. The number of unbranched alkanes of at least 4 members (excludes halogenated alkanes) is 47. The van der Waals surface area contributed by atoms with Crippen molar-refractivity contribution in [2.24, 2.45) is 0 Å². The molecule has 6 nitrogen and oxygen atoms in total. The van der Waals surface area contributed by atoms with E-state index in [1.54, 1.807) is 6.08 Å². The number of aliphatic hydroxyl groups is 2. The first-order valence-corrected chi connectivity index (χ1v) is 33.3. The van der Waals surface area contributed by atoms with Crippen LogP contribution in [0.25, 0.3) is 0 Å². The van der Waals surface area contributed by atoms with Crippen molar-refractivity contribution in [1.29, 1.82) is 0 Å². The van der Waals surface area contributed by atoms with Crippen LogP contribution in [-0.2, 0) is 14.3 Å². The predicted octanol–water partition coefficient (Wildman–Crippen LogP) is 21.1. The summed E-state index contributed by atoms with van der Waals surface area (Å²) in [5.74, 6) is -0.0615. The van der Waals surface area contributed by atoms with Crippen molar-refractivity contribution in [3.63, 3.8) is 0 Å². The van der Waals surface area contributed by atoms with Crippen molar-refractivity contribution < 1.29 is 24.5 Å². The molecular weight excluding hydrogens is 911 g/mol. The van der Waals surface area contributed by atoms with E-state index in [9.17, 15) is 19.8 Å². The fourth-order valence-electron chi connectivity index (χ4n) is 10.3. The van der Waals surface area contributed by atoms with Gasteiger partial charge in [-0.15, -0.1) is 0 Å². The third-order valence-electron chi connectivity index (χ3n) is 15.4. The minimum absolute atomic E-state index is 0.00164. The van der Waals surface area contributed by atoms with Crippen molar-refractivity contribution in [3.05, 3.63) is 36.5 Å². The molecular formula is C68H129NO5. The van der Waals surface area contributed by atoms with Crippen LogP contribution in [0.5, 0.6) is 0 Å². The van der Waals surface area contributed by atoms with Crippen molar-refractivity contribution in [2.75, 3.05) is 13.2 Å². The van der Waals surface area contributed by atoms with Gasteiger partial charge in [-0.3, -0.25) is 9.59 Å².